The lowest BCUT2D eigenvalue weighted by atomic mass is 10.0. The molecular formula is C24H24Cl2N4O2. The van der Waals surface area contributed by atoms with Crippen molar-refractivity contribution < 1.29 is 9.84 Å². The number of aliphatic hydroxyl groups is 1. The number of nitriles is 1. The fraction of sp³-hybridized carbons (Fsp3) is 0.333. The highest BCUT2D eigenvalue weighted by atomic mass is 35.5. The van der Waals surface area contributed by atoms with E-state index in [9.17, 15) is 10.4 Å². The molecule has 6 nitrogen and oxygen atoms in total. The van der Waals surface area contributed by atoms with Crippen molar-refractivity contribution in [2.75, 3.05) is 25.5 Å². The van der Waals surface area contributed by atoms with Gasteiger partial charge in [-0.2, -0.15) is 5.26 Å². The third-order valence-electron chi connectivity index (χ3n) is 5.71. The van der Waals surface area contributed by atoms with Gasteiger partial charge >= 0.3 is 0 Å². The van der Waals surface area contributed by atoms with Gasteiger partial charge in [0, 0.05) is 30.6 Å². The lowest BCUT2D eigenvalue weighted by molar-refractivity contribution is 0.0669. The topological polar surface area (TPSA) is 81.4 Å². The van der Waals surface area contributed by atoms with Gasteiger partial charge < -0.3 is 15.2 Å². The number of pyridine rings is 1. The zero-order valence-electron chi connectivity index (χ0n) is 17.7. The van der Waals surface area contributed by atoms with Gasteiger partial charge in [0.1, 0.15) is 10.9 Å². The van der Waals surface area contributed by atoms with Gasteiger partial charge in [0.05, 0.1) is 41.1 Å². The van der Waals surface area contributed by atoms with Crippen LogP contribution in [0.1, 0.15) is 29.5 Å². The molecule has 0 bridgehead atoms. The predicted octanol–water partition coefficient (Wildman–Crippen LogP) is 4.99. The number of β-amino-alcohol motifs (C(OH)–C–C–N with tert-alkyl or cyclic N) is 1. The van der Waals surface area contributed by atoms with E-state index < -0.39 is 0 Å². The largest absolute Gasteiger partial charge is 0.495 e. The summed E-state index contributed by atoms with van der Waals surface area (Å²) >= 11 is 12.9. The Morgan fingerprint density at radius 3 is 2.84 bits per heavy atom. The molecule has 0 saturated carbocycles. The van der Waals surface area contributed by atoms with Crippen LogP contribution in [0.4, 0.5) is 5.69 Å². The first-order chi connectivity index (χ1) is 15.5. The van der Waals surface area contributed by atoms with Gasteiger partial charge in [-0.3, -0.25) is 4.90 Å². The molecular weight excluding hydrogens is 447 g/mol. The van der Waals surface area contributed by atoms with Gasteiger partial charge in [-0.05, 0) is 55.3 Å². The number of piperidine rings is 1. The van der Waals surface area contributed by atoms with E-state index in [1.807, 2.05) is 30.3 Å². The molecule has 2 N–H and O–H groups in total. The highest BCUT2D eigenvalue weighted by molar-refractivity contribution is 6.32. The van der Waals surface area contributed by atoms with Crippen molar-refractivity contribution in [3.63, 3.8) is 0 Å². The summed E-state index contributed by atoms with van der Waals surface area (Å²) in [7, 11) is 1.58. The molecule has 1 saturated heterocycles. The second-order valence-corrected chi connectivity index (χ2v) is 8.72. The van der Waals surface area contributed by atoms with Crippen LogP contribution in [0.25, 0.3) is 10.9 Å². The molecule has 2 heterocycles. The normalized spacial score (nSPS) is 16.7. The van der Waals surface area contributed by atoms with E-state index in [1.165, 1.54) is 0 Å². The maximum absolute atomic E-state index is 10.1. The summed E-state index contributed by atoms with van der Waals surface area (Å²) in [6, 6.07) is 13.2. The van der Waals surface area contributed by atoms with E-state index in [2.05, 4.69) is 21.3 Å². The molecule has 1 aromatic heterocycles. The smallest absolute Gasteiger partial charge is 0.137 e. The van der Waals surface area contributed by atoms with E-state index in [0.717, 1.165) is 41.6 Å². The molecule has 1 fully saturated rings. The first kappa shape index (κ1) is 22.6. The maximum Gasteiger partial charge on any atom is 0.137 e. The molecule has 0 amide bonds. The van der Waals surface area contributed by atoms with Crippen molar-refractivity contribution in [2.24, 2.45) is 0 Å². The number of rotatable bonds is 6. The number of aliphatic hydroxyl groups excluding tert-OH is 1. The zero-order valence-corrected chi connectivity index (χ0v) is 19.2. The van der Waals surface area contributed by atoms with Crippen molar-refractivity contribution in [1.29, 1.82) is 5.26 Å². The molecule has 1 aliphatic heterocycles. The van der Waals surface area contributed by atoms with Crippen LogP contribution in [0.2, 0.25) is 10.2 Å². The second kappa shape index (κ2) is 9.93. The Hall–Kier alpha value is -2.56. The third kappa shape index (κ3) is 4.92. The van der Waals surface area contributed by atoms with Crippen LogP contribution in [0.3, 0.4) is 0 Å². The van der Waals surface area contributed by atoms with E-state index in [1.54, 1.807) is 13.2 Å². The Labute approximate surface area is 197 Å². The average Bonchev–Trinajstić information content (AvgIpc) is 2.79. The number of benzene rings is 2. The molecule has 8 heteroatoms. The Morgan fingerprint density at radius 2 is 2.12 bits per heavy atom. The summed E-state index contributed by atoms with van der Waals surface area (Å²) in [6.07, 6.45) is 1.42. The average molecular weight is 471 g/mol. The van der Waals surface area contributed by atoms with Crippen molar-refractivity contribution in [2.45, 2.75) is 32.0 Å². The number of aromatic nitrogens is 1. The molecule has 1 aliphatic rings. The summed E-state index contributed by atoms with van der Waals surface area (Å²) in [5.41, 5.74) is 3.93. The molecule has 0 aliphatic carbocycles. The molecule has 4 rings (SSSR count). The summed E-state index contributed by atoms with van der Waals surface area (Å²) in [4.78, 5) is 6.76. The number of hydrogen-bond acceptors (Lipinski definition) is 6. The Kier molecular flexibility index (Phi) is 7.02. The molecule has 0 radical (unpaired) electrons. The van der Waals surface area contributed by atoms with Crippen LogP contribution in [0, 0.1) is 11.3 Å². The van der Waals surface area contributed by atoms with E-state index in [0.29, 0.717) is 46.6 Å². The molecule has 1 atom stereocenters. The van der Waals surface area contributed by atoms with Crippen LogP contribution in [-0.4, -0.2) is 41.3 Å². The fourth-order valence-corrected chi connectivity index (χ4v) is 4.62. The minimum atomic E-state index is -0.334. The van der Waals surface area contributed by atoms with Crippen molar-refractivity contribution in [1.82, 2.24) is 9.88 Å². The van der Waals surface area contributed by atoms with Crippen molar-refractivity contribution in [3.8, 4) is 11.8 Å². The number of anilines is 1. The number of likely N-dealkylation sites (tertiary alicyclic amines) is 1. The highest BCUT2D eigenvalue weighted by Gasteiger charge is 2.22. The molecule has 166 valence electrons. The third-order valence-corrected chi connectivity index (χ3v) is 6.32. The van der Waals surface area contributed by atoms with Gasteiger partial charge in [0.25, 0.3) is 0 Å². The monoisotopic (exact) mass is 470 g/mol. The van der Waals surface area contributed by atoms with Crippen LogP contribution in [-0.2, 0) is 13.1 Å². The SMILES string of the molecule is COc1ccc(CNc2c(CN3CCCC(O)C3)c(Cl)nc3ccc(C#N)cc23)cc1Cl. The number of nitrogens with zero attached hydrogens (tertiary/aromatic N) is 3. The molecule has 0 spiro atoms. The van der Waals surface area contributed by atoms with Gasteiger partial charge in [-0.25, -0.2) is 4.98 Å². The van der Waals surface area contributed by atoms with E-state index in [4.69, 9.17) is 27.9 Å². The fourth-order valence-electron chi connectivity index (χ4n) is 4.10. The number of nitrogens with one attached hydrogen (secondary N) is 1. The number of fused-ring (bicyclic) bond motifs is 1. The zero-order chi connectivity index (χ0) is 22.7. The Balaban J connectivity index is 1.72. The van der Waals surface area contributed by atoms with Gasteiger partial charge in [-0.1, -0.05) is 29.3 Å². The van der Waals surface area contributed by atoms with Crippen LogP contribution in [0.5, 0.6) is 5.75 Å². The number of halogens is 2. The summed E-state index contributed by atoms with van der Waals surface area (Å²) in [5.74, 6) is 0.621. The quantitative estimate of drug-likeness (QED) is 0.493. The maximum atomic E-state index is 10.1. The summed E-state index contributed by atoms with van der Waals surface area (Å²) < 4.78 is 5.24. The number of hydrogen-bond donors (Lipinski definition) is 2. The first-order valence-corrected chi connectivity index (χ1v) is 11.2. The molecule has 32 heavy (non-hydrogen) atoms. The van der Waals surface area contributed by atoms with Crippen LogP contribution >= 0.6 is 23.2 Å². The highest BCUT2D eigenvalue weighted by Crippen LogP contribution is 2.34. The van der Waals surface area contributed by atoms with E-state index in [-0.39, 0.29) is 6.10 Å². The first-order valence-electron chi connectivity index (χ1n) is 10.5. The van der Waals surface area contributed by atoms with Gasteiger partial charge in [0.15, 0.2) is 0 Å². The molecule has 1 unspecified atom stereocenters. The van der Waals surface area contributed by atoms with E-state index >= 15 is 0 Å². The minimum absolute atomic E-state index is 0.334. The number of ether oxygens (including phenoxy) is 1. The summed E-state index contributed by atoms with van der Waals surface area (Å²) in [5, 5.41) is 24.8. The lowest BCUT2D eigenvalue weighted by Crippen LogP contribution is -2.37. The van der Waals surface area contributed by atoms with Gasteiger partial charge in [-0.15, -0.1) is 0 Å². The molecule has 2 aromatic carbocycles. The standard InChI is InChI=1S/C24H24Cl2N4O2/c1-32-22-7-5-16(10-20(22)25)12-28-23-18-9-15(11-27)4-6-21(18)29-24(26)19(23)14-30-8-2-3-17(31)13-30/h4-7,9-10,17,31H,2-3,8,12-14H2,1H3,(H,28,29). The predicted molar refractivity (Wildman–Crippen MR) is 127 cm³/mol. The van der Waals surface area contributed by atoms with Crippen LogP contribution in [0.15, 0.2) is 36.4 Å². The Morgan fingerprint density at radius 1 is 1.28 bits per heavy atom. The lowest BCUT2D eigenvalue weighted by Gasteiger charge is -2.31. The van der Waals surface area contributed by atoms with Crippen molar-refractivity contribution >= 4 is 39.8 Å². The molecule has 3 aromatic rings. The van der Waals surface area contributed by atoms with Crippen molar-refractivity contribution in [3.05, 3.63) is 63.3 Å². The second-order valence-electron chi connectivity index (χ2n) is 7.95. The van der Waals surface area contributed by atoms with Crippen LogP contribution < -0.4 is 10.1 Å². The Bertz CT molecular complexity index is 1180. The summed E-state index contributed by atoms with van der Waals surface area (Å²) in [6.45, 7) is 2.55. The number of methoxy groups -OCH3 is 1. The van der Waals surface area contributed by atoms with Gasteiger partial charge in [0.2, 0.25) is 0 Å². The minimum Gasteiger partial charge on any atom is -0.495 e.